The predicted molar refractivity (Wildman–Crippen MR) is 85.9 cm³/mol. The summed E-state index contributed by atoms with van der Waals surface area (Å²) in [6, 6.07) is 4.31. The lowest BCUT2D eigenvalue weighted by atomic mass is 9.64. The molecule has 0 amide bonds. The summed E-state index contributed by atoms with van der Waals surface area (Å²) < 4.78 is 0. The molecule has 2 aliphatic rings. The highest BCUT2D eigenvalue weighted by atomic mass is 32.1. The summed E-state index contributed by atoms with van der Waals surface area (Å²) in [4.78, 5) is 8.36. The fraction of sp³-hybridized carbons (Fsp3) is 0.688. The minimum atomic E-state index is 0.148. The summed E-state index contributed by atoms with van der Waals surface area (Å²) in [5.41, 5.74) is 6.74. The Morgan fingerprint density at radius 2 is 2.25 bits per heavy atom. The van der Waals surface area contributed by atoms with Crippen LogP contribution < -0.4 is 5.73 Å². The second kappa shape index (κ2) is 4.76. The van der Waals surface area contributed by atoms with Crippen molar-refractivity contribution < 1.29 is 0 Å². The molecule has 0 bridgehead atoms. The zero-order valence-electron chi connectivity index (χ0n) is 12.7. The molecular weight excluding hydrogens is 266 g/mol. The van der Waals surface area contributed by atoms with E-state index in [1.165, 1.54) is 24.1 Å². The number of hydrogen-bond donors (Lipinski definition) is 1. The van der Waals surface area contributed by atoms with E-state index in [4.69, 9.17) is 5.73 Å². The summed E-state index contributed by atoms with van der Waals surface area (Å²) in [6.07, 6.45) is 3.72. The van der Waals surface area contributed by atoms with E-state index in [-0.39, 0.29) is 5.54 Å². The minimum Gasteiger partial charge on any atom is -0.370 e. The van der Waals surface area contributed by atoms with Gasteiger partial charge in [0, 0.05) is 4.88 Å². The zero-order valence-corrected chi connectivity index (χ0v) is 13.5. The van der Waals surface area contributed by atoms with Gasteiger partial charge in [-0.15, -0.1) is 11.3 Å². The highest BCUT2D eigenvalue weighted by Crippen LogP contribution is 2.48. The summed E-state index contributed by atoms with van der Waals surface area (Å²) in [5.74, 6) is 1.48. The Balaban J connectivity index is 1.87. The molecule has 1 aliphatic heterocycles. The van der Waals surface area contributed by atoms with E-state index in [9.17, 15) is 0 Å². The molecule has 4 heteroatoms. The lowest BCUT2D eigenvalue weighted by Crippen LogP contribution is -2.56. The van der Waals surface area contributed by atoms with Gasteiger partial charge in [0.2, 0.25) is 0 Å². The molecule has 20 heavy (non-hydrogen) atoms. The predicted octanol–water partition coefficient (Wildman–Crippen LogP) is 3.46. The molecule has 2 N–H and O–H groups in total. The number of thiophene rings is 1. The number of nitrogens with zero attached hydrogens (tertiary/aromatic N) is 2. The van der Waals surface area contributed by atoms with Crippen LogP contribution in [0.5, 0.6) is 0 Å². The van der Waals surface area contributed by atoms with Crippen molar-refractivity contribution in [2.45, 2.75) is 52.1 Å². The van der Waals surface area contributed by atoms with Crippen molar-refractivity contribution in [3.63, 3.8) is 0 Å². The van der Waals surface area contributed by atoms with E-state index < -0.39 is 0 Å². The Labute approximate surface area is 125 Å². The highest BCUT2D eigenvalue weighted by molar-refractivity contribution is 7.09. The smallest absolute Gasteiger partial charge is 0.192 e. The van der Waals surface area contributed by atoms with Crippen LogP contribution in [0, 0.1) is 11.3 Å². The van der Waals surface area contributed by atoms with Crippen LogP contribution in [0.25, 0.3) is 0 Å². The van der Waals surface area contributed by atoms with Gasteiger partial charge in [-0.25, -0.2) is 0 Å². The number of hydrogen-bond acceptors (Lipinski definition) is 4. The lowest BCUT2D eigenvalue weighted by molar-refractivity contribution is 0.0349. The minimum absolute atomic E-state index is 0.148. The monoisotopic (exact) mass is 291 g/mol. The normalized spacial score (nSPS) is 32.6. The Hall–Kier alpha value is -1.03. The Bertz CT molecular complexity index is 506. The van der Waals surface area contributed by atoms with E-state index in [0.717, 1.165) is 25.0 Å². The van der Waals surface area contributed by atoms with Crippen molar-refractivity contribution in [2.75, 3.05) is 6.54 Å². The van der Waals surface area contributed by atoms with Gasteiger partial charge < -0.3 is 10.6 Å². The van der Waals surface area contributed by atoms with Gasteiger partial charge in [0.05, 0.1) is 18.6 Å². The average molecular weight is 291 g/mol. The molecule has 3 nitrogen and oxygen atoms in total. The SMILES string of the molecule is CC1CC(C)(C)CC2(CN=C(N)N2Cc2cccs2)C1. The van der Waals surface area contributed by atoms with Gasteiger partial charge in [-0.3, -0.25) is 4.99 Å². The molecule has 1 saturated carbocycles. The fourth-order valence-corrected chi connectivity index (χ4v) is 5.17. The molecular formula is C16H25N3S. The van der Waals surface area contributed by atoms with Crippen molar-refractivity contribution >= 4 is 17.3 Å². The first kappa shape index (κ1) is 13.9. The molecule has 0 radical (unpaired) electrons. The van der Waals surface area contributed by atoms with Crippen LogP contribution in [0.4, 0.5) is 0 Å². The Kier molecular flexibility index (Phi) is 3.32. The van der Waals surface area contributed by atoms with Gasteiger partial charge in [0.1, 0.15) is 0 Å². The molecule has 1 aliphatic carbocycles. The topological polar surface area (TPSA) is 41.6 Å². The molecule has 110 valence electrons. The van der Waals surface area contributed by atoms with Crippen LogP contribution in [-0.2, 0) is 6.54 Å². The first-order valence-electron chi connectivity index (χ1n) is 7.50. The van der Waals surface area contributed by atoms with Crippen molar-refractivity contribution in [1.82, 2.24) is 4.90 Å². The number of aliphatic imine (C=N–C) groups is 1. The lowest BCUT2D eigenvalue weighted by Gasteiger charge is -2.50. The number of rotatable bonds is 2. The van der Waals surface area contributed by atoms with E-state index in [1.54, 1.807) is 0 Å². The summed E-state index contributed by atoms with van der Waals surface area (Å²) in [6.45, 7) is 8.94. The molecule has 1 fully saturated rings. The van der Waals surface area contributed by atoms with Gasteiger partial charge >= 0.3 is 0 Å². The van der Waals surface area contributed by atoms with Crippen LogP contribution in [0.15, 0.2) is 22.5 Å². The van der Waals surface area contributed by atoms with Crippen LogP contribution in [-0.4, -0.2) is 22.9 Å². The van der Waals surface area contributed by atoms with Crippen molar-refractivity contribution in [1.29, 1.82) is 0 Å². The third-order valence-corrected chi connectivity index (χ3v) is 5.58. The largest absolute Gasteiger partial charge is 0.370 e. The molecule has 0 aromatic carbocycles. The molecule has 0 saturated heterocycles. The van der Waals surface area contributed by atoms with E-state index >= 15 is 0 Å². The molecule has 2 heterocycles. The summed E-state index contributed by atoms with van der Waals surface area (Å²) >= 11 is 1.81. The Morgan fingerprint density at radius 1 is 1.45 bits per heavy atom. The standard InChI is InChI=1S/C16H25N3S/c1-12-7-15(2,3)10-16(8-12)11-18-14(17)19(16)9-13-5-4-6-20-13/h4-6,12H,7-11H2,1-3H3,(H2,17,18). The van der Waals surface area contributed by atoms with Gasteiger partial charge in [-0.2, -0.15) is 0 Å². The number of guanidine groups is 1. The maximum absolute atomic E-state index is 6.22. The van der Waals surface area contributed by atoms with Crippen molar-refractivity contribution in [3.8, 4) is 0 Å². The van der Waals surface area contributed by atoms with E-state index in [0.29, 0.717) is 5.41 Å². The second-order valence-corrected chi connectivity index (χ2v) is 8.45. The third kappa shape index (κ3) is 2.46. The van der Waals surface area contributed by atoms with Crippen molar-refractivity contribution in [2.24, 2.45) is 22.1 Å². The molecule has 1 spiro atoms. The summed E-state index contributed by atoms with van der Waals surface area (Å²) in [5, 5.41) is 2.14. The zero-order chi connectivity index (χ0) is 14.4. The van der Waals surface area contributed by atoms with Gasteiger partial charge in [-0.1, -0.05) is 26.8 Å². The number of nitrogens with two attached hydrogens (primary N) is 1. The third-order valence-electron chi connectivity index (χ3n) is 4.72. The highest BCUT2D eigenvalue weighted by Gasteiger charge is 2.49. The van der Waals surface area contributed by atoms with Gasteiger partial charge in [-0.05, 0) is 42.0 Å². The van der Waals surface area contributed by atoms with E-state index in [2.05, 4.69) is 48.2 Å². The second-order valence-electron chi connectivity index (χ2n) is 7.42. The van der Waals surface area contributed by atoms with Gasteiger partial charge in [0.25, 0.3) is 0 Å². The average Bonchev–Trinajstić information content (AvgIpc) is 2.91. The van der Waals surface area contributed by atoms with Crippen LogP contribution >= 0.6 is 11.3 Å². The molecule has 2 atom stereocenters. The van der Waals surface area contributed by atoms with Crippen molar-refractivity contribution in [3.05, 3.63) is 22.4 Å². The maximum Gasteiger partial charge on any atom is 0.192 e. The Morgan fingerprint density at radius 3 is 2.90 bits per heavy atom. The first-order valence-corrected chi connectivity index (χ1v) is 8.38. The maximum atomic E-state index is 6.22. The van der Waals surface area contributed by atoms with Crippen LogP contribution in [0.1, 0.15) is 44.9 Å². The fourth-order valence-electron chi connectivity index (χ4n) is 4.47. The molecule has 2 unspecified atom stereocenters. The first-order chi connectivity index (χ1) is 9.40. The molecule has 1 aromatic rings. The quantitative estimate of drug-likeness (QED) is 0.906. The van der Waals surface area contributed by atoms with Crippen LogP contribution in [0.2, 0.25) is 0 Å². The molecule has 3 rings (SSSR count). The van der Waals surface area contributed by atoms with E-state index in [1.807, 2.05) is 11.3 Å². The van der Waals surface area contributed by atoms with Gasteiger partial charge in [0.15, 0.2) is 5.96 Å². The summed E-state index contributed by atoms with van der Waals surface area (Å²) in [7, 11) is 0. The molecule has 1 aromatic heterocycles. The van der Waals surface area contributed by atoms with Crippen LogP contribution in [0.3, 0.4) is 0 Å².